The van der Waals surface area contributed by atoms with Crippen molar-refractivity contribution in [2.45, 2.75) is 20.5 Å². The van der Waals surface area contributed by atoms with Gasteiger partial charge in [-0.2, -0.15) is 0 Å². The van der Waals surface area contributed by atoms with Crippen LogP contribution >= 0.6 is 9.24 Å². The molecular weight excluding hydrogens is 347 g/mol. The molecule has 0 heterocycles. The molecule has 0 aliphatic rings. The fourth-order valence-electron chi connectivity index (χ4n) is 2.97. The zero-order valence-electron chi connectivity index (χ0n) is 14.8. The summed E-state index contributed by atoms with van der Waals surface area (Å²) in [6.07, 6.45) is 0.392. The van der Waals surface area contributed by atoms with Gasteiger partial charge in [0.05, 0.1) is 5.56 Å². The number of aromatic carboxylic acids is 1. The third-order valence-electron chi connectivity index (χ3n) is 4.40. The minimum atomic E-state index is -0.984. The van der Waals surface area contributed by atoms with E-state index < -0.39 is 5.97 Å². The molecule has 4 nitrogen and oxygen atoms in total. The van der Waals surface area contributed by atoms with Crippen LogP contribution in [0.5, 0.6) is 11.5 Å². The normalized spacial score (nSPS) is 10.7. The van der Waals surface area contributed by atoms with E-state index in [1.807, 2.05) is 24.3 Å². The lowest BCUT2D eigenvalue weighted by Gasteiger charge is -2.13. The monoisotopic (exact) mass is 368 g/mol. The van der Waals surface area contributed by atoms with Crippen LogP contribution in [-0.2, 0) is 6.61 Å². The van der Waals surface area contributed by atoms with Crippen LogP contribution in [0.4, 0.5) is 0 Å². The van der Waals surface area contributed by atoms with Crippen LogP contribution in [0, 0.1) is 13.8 Å². The van der Waals surface area contributed by atoms with E-state index >= 15 is 0 Å². The second-order valence-corrected chi connectivity index (χ2v) is 6.47. The summed E-state index contributed by atoms with van der Waals surface area (Å²) in [5, 5.41) is 11.0. The molecule has 0 aliphatic heterocycles. The van der Waals surface area contributed by atoms with Crippen molar-refractivity contribution in [3.8, 4) is 11.5 Å². The minimum Gasteiger partial charge on any atom is -0.489 e. The predicted molar refractivity (Wildman–Crippen MR) is 106 cm³/mol. The number of carbonyl (C=O) groups is 1. The van der Waals surface area contributed by atoms with E-state index in [1.54, 1.807) is 12.1 Å². The molecule has 0 saturated carbocycles. The van der Waals surface area contributed by atoms with E-state index in [4.69, 9.17) is 9.47 Å². The summed E-state index contributed by atoms with van der Waals surface area (Å²) >= 11 is 0. The molecule has 134 valence electrons. The maximum absolute atomic E-state index is 11.4. The molecule has 0 aliphatic carbocycles. The Hall–Kier alpha value is -2.58. The van der Waals surface area contributed by atoms with Gasteiger partial charge in [0.2, 0.25) is 0 Å². The third kappa shape index (κ3) is 3.81. The Morgan fingerprint density at radius 1 is 1.04 bits per heavy atom. The molecule has 0 aromatic heterocycles. The topological polar surface area (TPSA) is 55.8 Å². The maximum atomic E-state index is 11.4. The van der Waals surface area contributed by atoms with Crippen molar-refractivity contribution in [1.82, 2.24) is 0 Å². The van der Waals surface area contributed by atoms with Gasteiger partial charge in [0.25, 0.3) is 0 Å². The van der Waals surface area contributed by atoms with E-state index in [1.165, 1.54) is 16.7 Å². The van der Waals surface area contributed by atoms with Gasteiger partial charge in [-0.25, -0.2) is 4.79 Å². The fourth-order valence-corrected chi connectivity index (χ4v) is 3.15. The van der Waals surface area contributed by atoms with Gasteiger partial charge in [-0.1, -0.05) is 27.4 Å². The molecule has 0 radical (unpaired) electrons. The predicted octanol–water partition coefficient (Wildman–Crippen LogP) is 4.95. The van der Waals surface area contributed by atoms with Gasteiger partial charge in [-0.3, -0.25) is 0 Å². The average molecular weight is 368 g/mol. The van der Waals surface area contributed by atoms with Crippen LogP contribution in [0.3, 0.4) is 0 Å². The fraction of sp³-hybridized carbons (Fsp3) is 0.190. The van der Waals surface area contributed by atoms with Gasteiger partial charge < -0.3 is 14.6 Å². The largest absolute Gasteiger partial charge is 0.489 e. The van der Waals surface area contributed by atoms with Crippen LogP contribution in [0.2, 0.25) is 0 Å². The molecule has 3 aromatic rings. The van der Waals surface area contributed by atoms with Gasteiger partial charge in [-0.15, -0.1) is 0 Å². The van der Waals surface area contributed by atoms with E-state index in [0.29, 0.717) is 24.5 Å². The molecule has 0 spiro atoms. The first-order valence-corrected chi connectivity index (χ1v) is 9.13. The van der Waals surface area contributed by atoms with E-state index in [0.717, 1.165) is 10.8 Å². The molecule has 0 amide bonds. The number of fused-ring (bicyclic) bond motifs is 1. The average Bonchev–Trinajstić information content (AvgIpc) is 2.61. The quantitative estimate of drug-likeness (QED) is 0.626. The maximum Gasteiger partial charge on any atom is 0.335 e. The van der Waals surface area contributed by atoms with Crippen molar-refractivity contribution >= 4 is 26.0 Å². The number of ether oxygens (including phenoxy) is 2. The second-order valence-electron chi connectivity index (χ2n) is 6.13. The number of carboxylic acid groups (broad SMARTS) is 1. The molecule has 0 fully saturated rings. The third-order valence-corrected chi connectivity index (χ3v) is 4.57. The molecule has 3 aromatic carbocycles. The first-order chi connectivity index (χ1) is 12.5. The minimum absolute atomic E-state index is 0.192. The summed E-state index contributed by atoms with van der Waals surface area (Å²) in [6.45, 7) is 4.60. The SMILES string of the molecule is Cc1cccc(C)c1COc1ccc2c(OCP)cc(C(=O)O)cc2c1. The number of benzene rings is 3. The lowest BCUT2D eigenvalue weighted by molar-refractivity contribution is 0.0696. The highest BCUT2D eigenvalue weighted by atomic mass is 31.0. The Kier molecular flexibility index (Phi) is 5.43. The Labute approximate surface area is 155 Å². The standard InChI is InChI=1S/C21H21O4P/c1-13-4-3-5-14(2)19(13)11-24-17-6-7-18-15(9-17)8-16(21(22)23)10-20(18)25-12-26/h3-10H,11-12,26H2,1-2H3,(H,22,23). The zero-order valence-corrected chi connectivity index (χ0v) is 15.9. The number of aryl methyl sites for hydroxylation is 2. The van der Waals surface area contributed by atoms with Crippen LogP contribution in [-0.4, -0.2) is 17.4 Å². The van der Waals surface area contributed by atoms with Crippen molar-refractivity contribution in [2.24, 2.45) is 0 Å². The van der Waals surface area contributed by atoms with Crippen LogP contribution in [0.25, 0.3) is 10.8 Å². The zero-order chi connectivity index (χ0) is 18.7. The van der Waals surface area contributed by atoms with Crippen LogP contribution in [0.15, 0.2) is 48.5 Å². The number of rotatable bonds is 6. The highest BCUT2D eigenvalue weighted by Crippen LogP contribution is 2.31. The molecule has 1 N–H and O–H groups in total. The van der Waals surface area contributed by atoms with Crippen molar-refractivity contribution in [2.75, 3.05) is 6.35 Å². The smallest absolute Gasteiger partial charge is 0.335 e. The highest BCUT2D eigenvalue weighted by molar-refractivity contribution is 7.16. The molecule has 0 bridgehead atoms. The summed E-state index contributed by atoms with van der Waals surface area (Å²) < 4.78 is 11.5. The summed E-state index contributed by atoms with van der Waals surface area (Å²) in [5.74, 6) is 0.262. The van der Waals surface area contributed by atoms with Gasteiger partial charge in [-0.05, 0) is 66.3 Å². The van der Waals surface area contributed by atoms with Crippen molar-refractivity contribution in [3.05, 3.63) is 70.8 Å². The van der Waals surface area contributed by atoms with Crippen molar-refractivity contribution in [3.63, 3.8) is 0 Å². The number of carboxylic acids is 1. The van der Waals surface area contributed by atoms with Crippen molar-refractivity contribution in [1.29, 1.82) is 0 Å². The van der Waals surface area contributed by atoms with Gasteiger partial charge >= 0.3 is 5.97 Å². The first kappa shape index (κ1) is 18.2. The molecule has 3 rings (SSSR count). The van der Waals surface area contributed by atoms with Crippen LogP contribution < -0.4 is 9.47 Å². The summed E-state index contributed by atoms with van der Waals surface area (Å²) in [7, 11) is 2.47. The summed E-state index contributed by atoms with van der Waals surface area (Å²) in [5.41, 5.74) is 3.74. The number of hydrogen-bond acceptors (Lipinski definition) is 3. The van der Waals surface area contributed by atoms with E-state index in [-0.39, 0.29) is 5.56 Å². The summed E-state index contributed by atoms with van der Waals surface area (Å²) in [4.78, 5) is 11.4. The molecule has 26 heavy (non-hydrogen) atoms. The van der Waals surface area contributed by atoms with E-state index in [9.17, 15) is 9.90 Å². The molecule has 5 heteroatoms. The lowest BCUT2D eigenvalue weighted by Crippen LogP contribution is -2.01. The Bertz CT molecular complexity index is 945. The molecule has 1 atom stereocenters. The second kappa shape index (κ2) is 7.76. The lowest BCUT2D eigenvalue weighted by atomic mass is 10.0. The Balaban J connectivity index is 1.94. The summed E-state index contributed by atoms with van der Waals surface area (Å²) in [6, 6.07) is 15.0. The van der Waals surface area contributed by atoms with Gasteiger partial charge in [0.15, 0.2) is 0 Å². The Morgan fingerprint density at radius 2 is 1.77 bits per heavy atom. The Morgan fingerprint density at radius 3 is 2.42 bits per heavy atom. The highest BCUT2D eigenvalue weighted by Gasteiger charge is 2.11. The van der Waals surface area contributed by atoms with Gasteiger partial charge in [0.1, 0.15) is 24.5 Å². The molecule has 1 unspecified atom stereocenters. The molecule has 0 saturated heterocycles. The molecular formula is C21H21O4P. The van der Waals surface area contributed by atoms with Gasteiger partial charge in [0, 0.05) is 5.39 Å². The first-order valence-electron chi connectivity index (χ1n) is 8.31. The van der Waals surface area contributed by atoms with E-state index in [2.05, 4.69) is 35.2 Å². The van der Waals surface area contributed by atoms with Crippen LogP contribution in [0.1, 0.15) is 27.0 Å². The van der Waals surface area contributed by atoms with Crippen molar-refractivity contribution < 1.29 is 19.4 Å². The number of hydrogen-bond donors (Lipinski definition) is 1.